The quantitative estimate of drug-likeness (QED) is 0.897. The van der Waals surface area contributed by atoms with Crippen LogP contribution in [-0.2, 0) is 4.79 Å². The van der Waals surface area contributed by atoms with Crippen molar-refractivity contribution in [3.8, 4) is 5.69 Å². The van der Waals surface area contributed by atoms with Gasteiger partial charge in [-0.25, -0.2) is 0 Å². The first-order valence-corrected chi connectivity index (χ1v) is 6.01. The van der Waals surface area contributed by atoms with Crippen molar-refractivity contribution in [2.45, 2.75) is 13.8 Å². The maximum Gasteiger partial charge on any atom is 0.231 e. The van der Waals surface area contributed by atoms with Crippen molar-refractivity contribution in [3.63, 3.8) is 0 Å². The van der Waals surface area contributed by atoms with E-state index < -0.39 is 5.41 Å². The van der Waals surface area contributed by atoms with Gasteiger partial charge in [0, 0.05) is 12.2 Å². The molecule has 0 aliphatic heterocycles. The van der Waals surface area contributed by atoms with Crippen molar-refractivity contribution >= 4 is 24.0 Å². The molecular formula is C13H18ClN5O. The number of amides is 1. The van der Waals surface area contributed by atoms with Crippen molar-refractivity contribution in [2.75, 3.05) is 11.9 Å². The average molecular weight is 296 g/mol. The highest BCUT2D eigenvalue weighted by Crippen LogP contribution is 2.18. The van der Waals surface area contributed by atoms with E-state index in [0.29, 0.717) is 6.54 Å². The molecule has 1 amide bonds. The van der Waals surface area contributed by atoms with Crippen LogP contribution in [0.25, 0.3) is 5.69 Å². The van der Waals surface area contributed by atoms with Crippen LogP contribution in [0.1, 0.15) is 13.8 Å². The van der Waals surface area contributed by atoms with E-state index in [2.05, 4.69) is 15.5 Å². The zero-order valence-corrected chi connectivity index (χ0v) is 12.2. The van der Waals surface area contributed by atoms with E-state index in [1.54, 1.807) is 12.4 Å². The third-order valence-electron chi connectivity index (χ3n) is 2.90. The number of carbonyl (C=O) groups excluding carboxylic acids is 1. The molecule has 20 heavy (non-hydrogen) atoms. The molecule has 2 aromatic rings. The lowest BCUT2D eigenvalue weighted by Gasteiger charge is -2.21. The summed E-state index contributed by atoms with van der Waals surface area (Å²) in [6.07, 6.45) is 3.22. The molecule has 1 aromatic heterocycles. The minimum Gasteiger partial charge on any atom is -0.329 e. The number of aromatic nitrogens is 3. The highest BCUT2D eigenvalue weighted by molar-refractivity contribution is 5.95. The molecule has 0 radical (unpaired) electrons. The number of benzene rings is 1. The van der Waals surface area contributed by atoms with Gasteiger partial charge in [-0.3, -0.25) is 4.79 Å². The molecule has 108 valence electrons. The summed E-state index contributed by atoms with van der Waals surface area (Å²) in [5, 5.41) is 10.9. The molecule has 0 aliphatic rings. The molecular weight excluding hydrogens is 278 g/mol. The van der Waals surface area contributed by atoms with Gasteiger partial charge in [0.25, 0.3) is 0 Å². The maximum absolute atomic E-state index is 12.0. The summed E-state index contributed by atoms with van der Waals surface area (Å²) in [5.41, 5.74) is 6.55. The van der Waals surface area contributed by atoms with Crippen molar-refractivity contribution < 1.29 is 4.79 Å². The van der Waals surface area contributed by atoms with E-state index in [1.165, 1.54) is 4.80 Å². The Labute approximate surface area is 123 Å². The number of hydrogen-bond donors (Lipinski definition) is 2. The van der Waals surface area contributed by atoms with Gasteiger partial charge in [-0.1, -0.05) is 0 Å². The highest BCUT2D eigenvalue weighted by Gasteiger charge is 2.25. The third-order valence-corrected chi connectivity index (χ3v) is 2.90. The van der Waals surface area contributed by atoms with Crippen LogP contribution in [0.4, 0.5) is 5.69 Å². The monoisotopic (exact) mass is 295 g/mol. The van der Waals surface area contributed by atoms with Gasteiger partial charge in [0.2, 0.25) is 5.91 Å². The van der Waals surface area contributed by atoms with Gasteiger partial charge in [0.15, 0.2) is 0 Å². The second kappa shape index (κ2) is 6.49. The lowest BCUT2D eigenvalue weighted by atomic mass is 9.92. The standard InChI is InChI=1S/C13H17N5O.ClH/c1-13(2,9-14)12(19)17-10-3-5-11(6-4-10)18-15-7-8-16-18;/h3-8H,9,14H2,1-2H3,(H,17,19);1H. The van der Waals surface area contributed by atoms with Gasteiger partial charge in [0.05, 0.1) is 23.5 Å². The fraction of sp³-hybridized carbons (Fsp3) is 0.308. The lowest BCUT2D eigenvalue weighted by molar-refractivity contribution is -0.123. The number of hydrogen-bond acceptors (Lipinski definition) is 4. The Morgan fingerprint density at radius 2 is 1.80 bits per heavy atom. The predicted octanol–water partition coefficient (Wildman–Crippen LogP) is 1.61. The fourth-order valence-electron chi connectivity index (χ4n) is 1.42. The zero-order valence-electron chi connectivity index (χ0n) is 11.4. The molecule has 1 aromatic carbocycles. The zero-order chi connectivity index (χ0) is 13.9. The summed E-state index contributed by atoms with van der Waals surface area (Å²) in [6.45, 7) is 3.92. The van der Waals surface area contributed by atoms with Gasteiger partial charge in [-0.05, 0) is 38.1 Å². The fourth-order valence-corrected chi connectivity index (χ4v) is 1.42. The van der Waals surface area contributed by atoms with Crippen molar-refractivity contribution in [1.82, 2.24) is 15.0 Å². The van der Waals surface area contributed by atoms with Crippen LogP contribution in [0.5, 0.6) is 0 Å². The second-order valence-corrected chi connectivity index (χ2v) is 4.91. The van der Waals surface area contributed by atoms with E-state index in [1.807, 2.05) is 38.1 Å². The van der Waals surface area contributed by atoms with Crippen LogP contribution >= 0.6 is 12.4 Å². The number of nitrogens with zero attached hydrogens (tertiary/aromatic N) is 3. The normalized spacial score (nSPS) is 10.8. The van der Waals surface area contributed by atoms with Gasteiger partial charge in [-0.2, -0.15) is 15.0 Å². The minimum absolute atomic E-state index is 0. The molecule has 0 atom stereocenters. The van der Waals surface area contributed by atoms with Crippen LogP contribution < -0.4 is 11.1 Å². The minimum atomic E-state index is -0.581. The van der Waals surface area contributed by atoms with Crippen LogP contribution in [0.15, 0.2) is 36.7 Å². The summed E-state index contributed by atoms with van der Waals surface area (Å²) in [4.78, 5) is 13.5. The molecule has 0 spiro atoms. The summed E-state index contributed by atoms with van der Waals surface area (Å²) in [7, 11) is 0. The summed E-state index contributed by atoms with van der Waals surface area (Å²) in [5.74, 6) is -0.0973. The smallest absolute Gasteiger partial charge is 0.231 e. The molecule has 0 aliphatic carbocycles. The van der Waals surface area contributed by atoms with E-state index in [0.717, 1.165) is 11.4 Å². The number of carbonyl (C=O) groups is 1. The topological polar surface area (TPSA) is 85.8 Å². The summed E-state index contributed by atoms with van der Waals surface area (Å²) >= 11 is 0. The second-order valence-electron chi connectivity index (χ2n) is 4.91. The summed E-state index contributed by atoms with van der Waals surface area (Å²) < 4.78 is 0. The van der Waals surface area contributed by atoms with Crippen LogP contribution in [0.3, 0.4) is 0 Å². The number of anilines is 1. The van der Waals surface area contributed by atoms with E-state index in [9.17, 15) is 4.79 Å². The highest BCUT2D eigenvalue weighted by atomic mass is 35.5. The van der Waals surface area contributed by atoms with Gasteiger partial charge >= 0.3 is 0 Å². The van der Waals surface area contributed by atoms with E-state index >= 15 is 0 Å². The Hall–Kier alpha value is -1.92. The molecule has 0 saturated carbocycles. The number of nitrogens with two attached hydrogens (primary N) is 1. The first-order valence-electron chi connectivity index (χ1n) is 6.01. The molecule has 3 N–H and O–H groups in total. The molecule has 2 rings (SSSR count). The molecule has 1 heterocycles. The van der Waals surface area contributed by atoms with Gasteiger partial charge in [-0.15, -0.1) is 12.4 Å². The molecule has 6 nitrogen and oxygen atoms in total. The number of halogens is 1. The Morgan fingerprint density at radius 1 is 1.25 bits per heavy atom. The van der Waals surface area contributed by atoms with E-state index in [-0.39, 0.29) is 18.3 Å². The number of nitrogens with one attached hydrogen (secondary N) is 1. The van der Waals surface area contributed by atoms with E-state index in [4.69, 9.17) is 5.73 Å². The van der Waals surface area contributed by atoms with Gasteiger partial charge in [0.1, 0.15) is 0 Å². The first-order chi connectivity index (χ1) is 9.03. The van der Waals surface area contributed by atoms with Crippen molar-refractivity contribution in [2.24, 2.45) is 11.1 Å². The van der Waals surface area contributed by atoms with Crippen LogP contribution in [0.2, 0.25) is 0 Å². The maximum atomic E-state index is 12.0. The van der Waals surface area contributed by atoms with Crippen LogP contribution in [0, 0.1) is 5.41 Å². The van der Waals surface area contributed by atoms with Crippen molar-refractivity contribution in [1.29, 1.82) is 0 Å². The predicted molar refractivity (Wildman–Crippen MR) is 80.1 cm³/mol. The van der Waals surface area contributed by atoms with Gasteiger partial charge < -0.3 is 11.1 Å². The summed E-state index contributed by atoms with van der Waals surface area (Å²) in [6, 6.07) is 7.29. The Balaban J connectivity index is 0.00000200. The Bertz CT molecular complexity index is 551. The number of rotatable bonds is 4. The molecule has 0 fully saturated rings. The molecule has 0 unspecified atom stereocenters. The molecule has 0 saturated heterocycles. The Morgan fingerprint density at radius 3 is 2.30 bits per heavy atom. The largest absolute Gasteiger partial charge is 0.329 e. The van der Waals surface area contributed by atoms with Crippen LogP contribution in [-0.4, -0.2) is 27.4 Å². The third kappa shape index (κ3) is 3.55. The molecule has 0 bridgehead atoms. The molecule has 7 heteroatoms. The lowest BCUT2D eigenvalue weighted by Crippen LogP contribution is -2.37. The Kier molecular flexibility index (Phi) is 5.24. The van der Waals surface area contributed by atoms with Crippen molar-refractivity contribution in [3.05, 3.63) is 36.7 Å². The first kappa shape index (κ1) is 16.1. The average Bonchev–Trinajstić information content (AvgIpc) is 2.93. The SMILES string of the molecule is CC(C)(CN)C(=O)Nc1ccc(-n2nccn2)cc1.Cl.